The smallest absolute Gasteiger partial charge is 0.0605 e. The molecular weight excluding hydrogens is 174 g/mol. The molecule has 2 heterocycles. The molecule has 0 amide bonds. The predicted octanol–water partition coefficient (Wildman–Crippen LogP) is 1.92. The van der Waals surface area contributed by atoms with Crippen molar-refractivity contribution in [3.8, 4) is 0 Å². The van der Waals surface area contributed by atoms with Crippen molar-refractivity contribution in [3.63, 3.8) is 0 Å². The van der Waals surface area contributed by atoms with E-state index in [2.05, 4.69) is 33.0 Å². The lowest BCUT2D eigenvalue weighted by Gasteiger charge is -2.49. The van der Waals surface area contributed by atoms with E-state index in [4.69, 9.17) is 0 Å². The van der Waals surface area contributed by atoms with Crippen LogP contribution in [0.2, 0.25) is 0 Å². The summed E-state index contributed by atoms with van der Waals surface area (Å²) in [5, 5.41) is 13.9. The van der Waals surface area contributed by atoms with Crippen LogP contribution in [-0.2, 0) is 0 Å². The summed E-state index contributed by atoms with van der Waals surface area (Å²) < 4.78 is 0. The van der Waals surface area contributed by atoms with Crippen LogP contribution in [0.25, 0.3) is 0 Å². The van der Waals surface area contributed by atoms with Gasteiger partial charge in [0.2, 0.25) is 0 Å². The molecule has 0 aromatic rings. The highest BCUT2D eigenvalue weighted by molar-refractivity contribution is 5.09. The van der Waals surface area contributed by atoms with Gasteiger partial charge in [-0.1, -0.05) is 20.8 Å². The first-order chi connectivity index (χ1) is 6.33. The van der Waals surface area contributed by atoms with Crippen LogP contribution in [0.1, 0.15) is 47.0 Å². The molecule has 0 saturated carbocycles. The molecule has 2 N–H and O–H groups in total. The zero-order valence-corrected chi connectivity index (χ0v) is 9.80. The molecule has 0 spiro atoms. The van der Waals surface area contributed by atoms with E-state index in [0.29, 0.717) is 12.0 Å². The van der Waals surface area contributed by atoms with Gasteiger partial charge in [-0.25, -0.2) is 0 Å². The van der Waals surface area contributed by atoms with Gasteiger partial charge in [0.15, 0.2) is 0 Å². The van der Waals surface area contributed by atoms with Crippen molar-refractivity contribution in [2.24, 2.45) is 11.3 Å². The summed E-state index contributed by atoms with van der Waals surface area (Å²) in [4.78, 5) is 0. The zero-order valence-electron chi connectivity index (χ0n) is 9.80. The average Bonchev–Trinajstić information content (AvgIpc) is 2.23. The summed E-state index contributed by atoms with van der Waals surface area (Å²) in [6, 6.07) is 0.564. The Labute approximate surface area is 87.1 Å². The number of nitrogens with one attached hydrogen (secondary N) is 1. The van der Waals surface area contributed by atoms with Crippen LogP contribution in [0, 0.1) is 11.3 Å². The highest BCUT2D eigenvalue weighted by Gasteiger charge is 2.52. The lowest BCUT2D eigenvalue weighted by molar-refractivity contribution is -0.0390. The highest BCUT2D eigenvalue weighted by Crippen LogP contribution is 2.47. The van der Waals surface area contributed by atoms with E-state index in [9.17, 15) is 5.11 Å². The van der Waals surface area contributed by atoms with Crippen molar-refractivity contribution in [2.45, 2.75) is 64.6 Å². The van der Waals surface area contributed by atoms with Crippen LogP contribution in [0.3, 0.4) is 0 Å². The monoisotopic (exact) mass is 197 g/mol. The van der Waals surface area contributed by atoms with Gasteiger partial charge < -0.3 is 10.4 Å². The normalized spacial score (nSPS) is 48.2. The summed E-state index contributed by atoms with van der Waals surface area (Å²) in [6.07, 6.45) is 3.28. The van der Waals surface area contributed by atoms with E-state index in [0.717, 1.165) is 6.42 Å². The van der Waals surface area contributed by atoms with Crippen LogP contribution in [0.15, 0.2) is 0 Å². The summed E-state index contributed by atoms with van der Waals surface area (Å²) in [5.74, 6) is 0.383. The van der Waals surface area contributed by atoms with E-state index in [1.807, 2.05) is 0 Å². The number of hydrogen-bond donors (Lipinski definition) is 2. The number of rotatable bonds is 0. The lowest BCUT2D eigenvalue weighted by Crippen LogP contribution is -2.60. The van der Waals surface area contributed by atoms with Crippen molar-refractivity contribution < 1.29 is 5.11 Å². The fourth-order valence-corrected chi connectivity index (χ4v) is 3.89. The quantitative estimate of drug-likeness (QED) is 0.622. The van der Waals surface area contributed by atoms with Gasteiger partial charge in [-0.05, 0) is 31.6 Å². The lowest BCUT2D eigenvalue weighted by atomic mass is 9.65. The second-order valence-corrected chi connectivity index (χ2v) is 6.44. The van der Waals surface area contributed by atoms with Crippen LogP contribution >= 0.6 is 0 Å². The molecule has 14 heavy (non-hydrogen) atoms. The Morgan fingerprint density at radius 3 is 2.57 bits per heavy atom. The molecule has 2 rings (SSSR count). The van der Waals surface area contributed by atoms with Crippen molar-refractivity contribution in [1.82, 2.24) is 5.32 Å². The minimum atomic E-state index is -0.117. The molecule has 0 aromatic heterocycles. The largest absolute Gasteiger partial charge is 0.393 e. The van der Waals surface area contributed by atoms with E-state index >= 15 is 0 Å². The second-order valence-electron chi connectivity index (χ2n) is 6.44. The minimum absolute atomic E-state index is 0.117. The molecule has 2 fully saturated rings. The van der Waals surface area contributed by atoms with Crippen LogP contribution in [0.4, 0.5) is 0 Å². The van der Waals surface area contributed by atoms with Crippen molar-refractivity contribution >= 4 is 0 Å². The molecule has 82 valence electrons. The maximum atomic E-state index is 10.2. The molecule has 1 unspecified atom stereocenters. The van der Waals surface area contributed by atoms with Crippen molar-refractivity contribution in [1.29, 1.82) is 0 Å². The van der Waals surface area contributed by atoms with Crippen LogP contribution < -0.4 is 5.32 Å². The van der Waals surface area contributed by atoms with Gasteiger partial charge in [0.25, 0.3) is 0 Å². The number of fused-ring (bicyclic) bond motifs is 2. The van der Waals surface area contributed by atoms with Gasteiger partial charge in [-0.2, -0.15) is 0 Å². The Kier molecular flexibility index (Phi) is 2.20. The summed E-state index contributed by atoms with van der Waals surface area (Å²) in [7, 11) is 0. The third-order valence-electron chi connectivity index (χ3n) is 4.08. The molecule has 2 aliphatic rings. The van der Waals surface area contributed by atoms with E-state index in [1.165, 1.54) is 12.8 Å². The number of hydrogen-bond acceptors (Lipinski definition) is 2. The predicted molar refractivity (Wildman–Crippen MR) is 58.1 cm³/mol. The molecule has 2 saturated heterocycles. The van der Waals surface area contributed by atoms with E-state index in [1.54, 1.807) is 0 Å². The van der Waals surface area contributed by atoms with Crippen LogP contribution in [0.5, 0.6) is 0 Å². The Morgan fingerprint density at radius 1 is 1.36 bits per heavy atom. The fraction of sp³-hybridized carbons (Fsp3) is 1.00. The maximum Gasteiger partial charge on any atom is 0.0605 e. The van der Waals surface area contributed by atoms with Gasteiger partial charge in [0.05, 0.1) is 6.10 Å². The zero-order chi connectivity index (χ0) is 10.6. The number of aliphatic hydroxyl groups is 1. The van der Waals surface area contributed by atoms with Gasteiger partial charge in [0, 0.05) is 17.5 Å². The molecule has 0 aromatic carbocycles. The first-order valence-electron chi connectivity index (χ1n) is 5.79. The average molecular weight is 197 g/mol. The maximum absolute atomic E-state index is 10.2. The molecule has 2 aliphatic heterocycles. The third-order valence-corrected chi connectivity index (χ3v) is 4.08. The van der Waals surface area contributed by atoms with Gasteiger partial charge in [-0.3, -0.25) is 0 Å². The third kappa shape index (κ3) is 1.49. The van der Waals surface area contributed by atoms with Crippen LogP contribution in [-0.4, -0.2) is 22.8 Å². The summed E-state index contributed by atoms with van der Waals surface area (Å²) >= 11 is 0. The molecule has 2 bridgehead atoms. The fourth-order valence-electron chi connectivity index (χ4n) is 3.89. The van der Waals surface area contributed by atoms with Crippen molar-refractivity contribution in [2.75, 3.05) is 0 Å². The number of piperidine rings is 1. The first-order valence-corrected chi connectivity index (χ1v) is 5.79. The van der Waals surface area contributed by atoms with Gasteiger partial charge in [0.1, 0.15) is 0 Å². The minimum Gasteiger partial charge on any atom is -0.393 e. The molecule has 0 aliphatic carbocycles. The molecular formula is C12H23NO. The molecule has 2 heteroatoms. The first kappa shape index (κ1) is 10.4. The van der Waals surface area contributed by atoms with Gasteiger partial charge in [-0.15, -0.1) is 0 Å². The Bertz CT molecular complexity index is 233. The Balaban J connectivity index is 2.29. The Morgan fingerprint density at radius 2 is 2.00 bits per heavy atom. The summed E-state index contributed by atoms with van der Waals surface area (Å²) in [6.45, 7) is 9.01. The number of aliphatic hydroxyl groups excluding tert-OH is 1. The molecule has 2 nitrogen and oxygen atoms in total. The molecule has 4 atom stereocenters. The standard InChI is InChI=1S/C12H23NO/c1-11(2,3)10-9(14)7-8-5-6-12(10,4)13-8/h8-10,13-14H,5-7H2,1-4H3/t8-,9-,10?,12+/m1/s1. The SMILES string of the molecule is CC(C)(C)C1[C@H](O)C[C@H]2CC[C@]1(C)N2. The topological polar surface area (TPSA) is 32.3 Å². The Hall–Kier alpha value is -0.0800. The van der Waals surface area contributed by atoms with E-state index in [-0.39, 0.29) is 17.1 Å². The van der Waals surface area contributed by atoms with E-state index < -0.39 is 0 Å². The second kappa shape index (κ2) is 2.96. The highest BCUT2D eigenvalue weighted by atomic mass is 16.3. The molecule has 0 radical (unpaired) electrons. The van der Waals surface area contributed by atoms with Gasteiger partial charge >= 0.3 is 0 Å². The summed E-state index contributed by atoms with van der Waals surface area (Å²) in [5.41, 5.74) is 0.358. The van der Waals surface area contributed by atoms with Crippen molar-refractivity contribution in [3.05, 3.63) is 0 Å².